The molecule has 1 fully saturated rings. The van der Waals surface area contributed by atoms with Gasteiger partial charge in [0.1, 0.15) is 0 Å². The molecule has 1 saturated carbocycles. The number of aliphatic hydroxyl groups excluding tert-OH is 1. The second-order valence-corrected chi connectivity index (χ2v) is 5.19. The van der Waals surface area contributed by atoms with Gasteiger partial charge in [-0.2, -0.15) is 0 Å². The van der Waals surface area contributed by atoms with Gasteiger partial charge in [0.15, 0.2) is 0 Å². The van der Waals surface area contributed by atoms with Crippen LogP contribution in [0.1, 0.15) is 24.0 Å². The second kappa shape index (κ2) is 3.56. The van der Waals surface area contributed by atoms with Gasteiger partial charge in [-0.1, -0.05) is 36.4 Å². The molecule has 2 nitrogen and oxygen atoms in total. The average molecular weight is 227 g/mol. The lowest BCUT2D eigenvalue weighted by atomic mass is 9.69. The number of aryl methyl sites for hydroxylation is 1. The number of rotatable bonds is 1. The van der Waals surface area contributed by atoms with Crippen LogP contribution < -0.4 is 5.73 Å². The number of benzene rings is 2. The fourth-order valence-corrected chi connectivity index (χ4v) is 2.88. The summed E-state index contributed by atoms with van der Waals surface area (Å²) in [7, 11) is 0. The van der Waals surface area contributed by atoms with Crippen LogP contribution >= 0.6 is 0 Å². The summed E-state index contributed by atoms with van der Waals surface area (Å²) in [6.45, 7) is 2.12. The first kappa shape index (κ1) is 10.8. The average Bonchev–Trinajstić information content (AvgIpc) is 2.28. The highest BCUT2D eigenvalue weighted by Gasteiger charge is 2.42. The van der Waals surface area contributed by atoms with Crippen molar-refractivity contribution in [3.63, 3.8) is 0 Å². The predicted molar refractivity (Wildman–Crippen MR) is 69.8 cm³/mol. The van der Waals surface area contributed by atoms with E-state index in [0.29, 0.717) is 12.8 Å². The summed E-state index contributed by atoms with van der Waals surface area (Å²) < 4.78 is 0. The molecule has 1 aliphatic carbocycles. The van der Waals surface area contributed by atoms with Gasteiger partial charge in [-0.25, -0.2) is 0 Å². The van der Waals surface area contributed by atoms with Crippen molar-refractivity contribution >= 4 is 10.8 Å². The van der Waals surface area contributed by atoms with E-state index in [4.69, 9.17) is 5.73 Å². The second-order valence-electron chi connectivity index (χ2n) is 5.19. The van der Waals surface area contributed by atoms with E-state index in [1.807, 2.05) is 6.07 Å². The Kier molecular flexibility index (Phi) is 2.25. The van der Waals surface area contributed by atoms with Gasteiger partial charge in [-0.3, -0.25) is 0 Å². The fraction of sp³-hybridized carbons (Fsp3) is 0.333. The van der Waals surface area contributed by atoms with Crippen molar-refractivity contribution in [2.24, 2.45) is 5.73 Å². The van der Waals surface area contributed by atoms with Crippen LogP contribution in [0.4, 0.5) is 0 Å². The summed E-state index contributed by atoms with van der Waals surface area (Å²) in [4.78, 5) is 0. The molecule has 0 saturated heterocycles. The highest BCUT2D eigenvalue weighted by molar-refractivity contribution is 5.89. The fourth-order valence-electron chi connectivity index (χ4n) is 2.88. The summed E-state index contributed by atoms with van der Waals surface area (Å²) >= 11 is 0. The Bertz CT molecular complexity index is 570. The number of aliphatic hydroxyl groups is 1. The molecule has 17 heavy (non-hydrogen) atoms. The molecule has 1 aliphatic rings. The molecule has 0 amide bonds. The summed E-state index contributed by atoms with van der Waals surface area (Å²) in [5.41, 5.74) is 8.47. The van der Waals surface area contributed by atoms with E-state index >= 15 is 0 Å². The third kappa shape index (κ3) is 1.56. The first-order valence-corrected chi connectivity index (χ1v) is 6.06. The molecule has 3 N–H and O–H groups in total. The lowest BCUT2D eigenvalue weighted by molar-refractivity contribution is 0.0217. The van der Waals surface area contributed by atoms with Crippen LogP contribution in [0.2, 0.25) is 0 Å². The van der Waals surface area contributed by atoms with Crippen LogP contribution in [0.5, 0.6) is 0 Å². The standard InChI is InChI=1S/C15H17NO/c1-10-6-7-14(15(16)8-11(17)9-15)13-5-3-2-4-12(10)13/h2-7,11,17H,8-9,16H2,1H3. The van der Waals surface area contributed by atoms with Crippen molar-refractivity contribution in [2.45, 2.75) is 31.4 Å². The molecule has 0 radical (unpaired) electrons. The van der Waals surface area contributed by atoms with Crippen LogP contribution in [-0.2, 0) is 5.54 Å². The normalized spacial score (nSPS) is 28.1. The van der Waals surface area contributed by atoms with Crippen molar-refractivity contribution in [1.29, 1.82) is 0 Å². The summed E-state index contributed by atoms with van der Waals surface area (Å²) in [5, 5.41) is 12.0. The highest BCUT2D eigenvalue weighted by Crippen LogP contribution is 2.42. The summed E-state index contributed by atoms with van der Waals surface area (Å²) in [5.74, 6) is 0. The Morgan fingerprint density at radius 3 is 2.41 bits per heavy atom. The maximum absolute atomic E-state index is 9.49. The van der Waals surface area contributed by atoms with E-state index in [0.717, 1.165) is 0 Å². The highest BCUT2D eigenvalue weighted by atomic mass is 16.3. The molecule has 2 aromatic carbocycles. The van der Waals surface area contributed by atoms with E-state index in [-0.39, 0.29) is 11.6 Å². The number of fused-ring (bicyclic) bond motifs is 1. The lowest BCUT2D eigenvalue weighted by Crippen LogP contribution is -2.51. The van der Waals surface area contributed by atoms with E-state index < -0.39 is 0 Å². The molecule has 0 unspecified atom stereocenters. The third-order valence-electron chi connectivity index (χ3n) is 3.88. The number of hydrogen-bond acceptors (Lipinski definition) is 2. The zero-order chi connectivity index (χ0) is 12.0. The van der Waals surface area contributed by atoms with Gasteiger partial charge in [0, 0.05) is 5.54 Å². The number of hydrogen-bond donors (Lipinski definition) is 2. The maximum Gasteiger partial charge on any atom is 0.0582 e. The Hall–Kier alpha value is -1.38. The predicted octanol–water partition coefficient (Wildman–Crippen LogP) is 2.46. The van der Waals surface area contributed by atoms with Gasteiger partial charge >= 0.3 is 0 Å². The molecular formula is C15H17NO. The van der Waals surface area contributed by atoms with Gasteiger partial charge in [-0.05, 0) is 41.7 Å². The van der Waals surface area contributed by atoms with Crippen LogP contribution in [0.25, 0.3) is 10.8 Å². The van der Waals surface area contributed by atoms with E-state index in [2.05, 4.69) is 37.3 Å². The molecule has 2 heteroatoms. The molecular weight excluding hydrogens is 210 g/mol. The van der Waals surface area contributed by atoms with Crippen LogP contribution in [0.3, 0.4) is 0 Å². The summed E-state index contributed by atoms with van der Waals surface area (Å²) in [6, 6.07) is 12.6. The minimum Gasteiger partial charge on any atom is -0.393 e. The Labute approximate surface area is 101 Å². The maximum atomic E-state index is 9.49. The third-order valence-corrected chi connectivity index (χ3v) is 3.88. The molecule has 0 heterocycles. The molecule has 0 atom stereocenters. The van der Waals surface area contributed by atoms with E-state index in [1.54, 1.807) is 0 Å². The first-order valence-electron chi connectivity index (χ1n) is 6.06. The topological polar surface area (TPSA) is 46.2 Å². The minimum absolute atomic E-state index is 0.236. The van der Waals surface area contributed by atoms with Gasteiger partial charge < -0.3 is 10.8 Å². The van der Waals surface area contributed by atoms with E-state index in [9.17, 15) is 5.11 Å². The Morgan fingerprint density at radius 2 is 1.76 bits per heavy atom. The number of nitrogens with two attached hydrogens (primary N) is 1. The molecule has 3 rings (SSSR count). The first-order chi connectivity index (χ1) is 8.10. The monoisotopic (exact) mass is 227 g/mol. The van der Waals surface area contributed by atoms with Crippen molar-refractivity contribution < 1.29 is 5.11 Å². The van der Waals surface area contributed by atoms with Crippen molar-refractivity contribution in [3.05, 3.63) is 47.5 Å². The Balaban J connectivity index is 2.21. The molecule has 0 aliphatic heterocycles. The van der Waals surface area contributed by atoms with Gasteiger partial charge in [0.05, 0.1) is 6.10 Å². The molecule has 0 aromatic heterocycles. The zero-order valence-electron chi connectivity index (χ0n) is 9.98. The van der Waals surface area contributed by atoms with Gasteiger partial charge in [0.25, 0.3) is 0 Å². The SMILES string of the molecule is Cc1ccc(C2(N)CC(O)C2)c2ccccc12. The minimum atomic E-state index is -0.341. The molecule has 0 spiro atoms. The van der Waals surface area contributed by atoms with Gasteiger partial charge in [-0.15, -0.1) is 0 Å². The smallest absolute Gasteiger partial charge is 0.0582 e. The van der Waals surface area contributed by atoms with Crippen molar-refractivity contribution in [1.82, 2.24) is 0 Å². The van der Waals surface area contributed by atoms with Crippen molar-refractivity contribution in [2.75, 3.05) is 0 Å². The van der Waals surface area contributed by atoms with E-state index in [1.165, 1.54) is 21.9 Å². The zero-order valence-corrected chi connectivity index (χ0v) is 9.98. The largest absolute Gasteiger partial charge is 0.393 e. The van der Waals surface area contributed by atoms with Gasteiger partial charge in [0.2, 0.25) is 0 Å². The quantitative estimate of drug-likeness (QED) is 0.786. The van der Waals surface area contributed by atoms with Crippen molar-refractivity contribution in [3.8, 4) is 0 Å². The van der Waals surface area contributed by atoms with Crippen LogP contribution in [0, 0.1) is 6.92 Å². The lowest BCUT2D eigenvalue weighted by Gasteiger charge is -2.43. The molecule has 88 valence electrons. The summed E-state index contributed by atoms with van der Waals surface area (Å²) in [6.07, 6.45) is 1.10. The molecule has 2 aromatic rings. The Morgan fingerprint density at radius 1 is 1.12 bits per heavy atom. The van der Waals surface area contributed by atoms with Crippen LogP contribution in [-0.4, -0.2) is 11.2 Å². The van der Waals surface area contributed by atoms with Crippen LogP contribution in [0.15, 0.2) is 36.4 Å². The molecule has 0 bridgehead atoms.